The van der Waals surface area contributed by atoms with E-state index in [4.69, 9.17) is 10.00 Å². The molecule has 4 nitrogen and oxygen atoms in total. The molecule has 0 radical (unpaired) electrons. The fraction of sp³-hybridized carbons (Fsp3) is 0.429. The van der Waals surface area contributed by atoms with Crippen LogP contribution in [0, 0.1) is 11.3 Å². The lowest BCUT2D eigenvalue weighted by atomic mass is 10.1. The first-order valence-corrected chi connectivity index (χ1v) is 6.07. The minimum absolute atomic E-state index is 0.00329. The number of methoxy groups -OCH3 is 1. The maximum Gasteiger partial charge on any atom is 0.228 e. The van der Waals surface area contributed by atoms with Crippen LogP contribution >= 0.6 is 0 Å². The highest BCUT2D eigenvalue weighted by Crippen LogP contribution is 2.22. The van der Waals surface area contributed by atoms with Crippen LogP contribution in [0.1, 0.15) is 18.4 Å². The number of hydrogen-bond acceptors (Lipinski definition) is 3. The van der Waals surface area contributed by atoms with Crippen LogP contribution in [0.15, 0.2) is 24.3 Å². The van der Waals surface area contributed by atoms with Gasteiger partial charge in [0.05, 0.1) is 19.6 Å². The van der Waals surface area contributed by atoms with Crippen LogP contribution in [-0.2, 0) is 11.2 Å². The number of benzene rings is 1. The molecule has 1 aromatic carbocycles. The predicted molar refractivity (Wildman–Crippen MR) is 67.0 cm³/mol. The van der Waals surface area contributed by atoms with Crippen molar-refractivity contribution in [1.82, 2.24) is 4.90 Å². The predicted octanol–water partition coefficient (Wildman–Crippen LogP) is 1.75. The molecule has 94 valence electrons. The van der Waals surface area contributed by atoms with E-state index < -0.39 is 0 Å². The molecule has 1 heterocycles. The highest BCUT2D eigenvalue weighted by atomic mass is 16.5. The van der Waals surface area contributed by atoms with E-state index in [9.17, 15) is 4.79 Å². The highest BCUT2D eigenvalue weighted by molar-refractivity contribution is 5.80. The molecular formula is C14H16N2O2. The molecule has 0 bridgehead atoms. The van der Waals surface area contributed by atoms with Gasteiger partial charge in [0.2, 0.25) is 5.91 Å². The maximum atomic E-state index is 12.2. The summed E-state index contributed by atoms with van der Waals surface area (Å²) in [5, 5.41) is 8.98. The zero-order valence-electron chi connectivity index (χ0n) is 10.4. The van der Waals surface area contributed by atoms with E-state index in [1.807, 2.05) is 24.3 Å². The standard InChI is InChI=1S/C14H16N2O2/c1-18-13-7-3-2-5-11(13)9-14(17)16-8-4-6-12(16)10-15/h2-3,5,7,12H,4,6,8-9H2,1H3. The van der Waals surface area contributed by atoms with Gasteiger partial charge in [-0.2, -0.15) is 5.26 Å². The van der Waals surface area contributed by atoms with Crippen LogP contribution in [0.2, 0.25) is 0 Å². The Labute approximate surface area is 107 Å². The zero-order valence-corrected chi connectivity index (χ0v) is 10.4. The fourth-order valence-electron chi connectivity index (χ4n) is 2.31. The molecule has 1 saturated heterocycles. The Morgan fingerprint density at radius 3 is 3.06 bits per heavy atom. The lowest BCUT2D eigenvalue weighted by Crippen LogP contribution is -2.35. The first-order chi connectivity index (χ1) is 8.76. The molecule has 1 atom stereocenters. The van der Waals surface area contributed by atoms with Gasteiger partial charge in [-0.05, 0) is 18.9 Å². The Morgan fingerprint density at radius 2 is 2.33 bits per heavy atom. The molecule has 1 aliphatic rings. The summed E-state index contributed by atoms with van der Waals surface area (Å²) in [7, 11) is 1.59. The summed E-state index contributed by atoms with van der Waals surface area (Å²) in [6, 6.07) is 9.41. The molecule has 2 rings (SSSR count). The second kappa shape index (κ2) is 5.54. The number of carbonyl (C=O) groups is 1. The summed E-state index contributed by atoms with van der Waals surface area (Å²) in [6.45, 7) is 0.687. The molecule has 1 fully saturated rings. The summed E-state index contributed by atoms with van der Waals surface area (Å²) in [5.74, 6) is 0.724. The molecule has 0 aliphatic carbocycles. The zero-order chi connectivity index (χ0) is 13.0. The fourth-order valence-corrected chi connectivity index (χ4v) is 2.31. The van der Waals surface area contributed by atoms with Gasteiger partial charge in [0.15, 0.2) is 0 Å². The maximum absolute atomic E-state index is 12.2. The first kappa shape index (κ1) is 12.4. The van der Waals surface area contributed by atoms with Crippen molar-refractivity contribution in [2.75, 3.05) is 13.7 Å². The average Bonchev–Trinajstić information content (AvgIpc) is 2.87. The molecular weight excluding hydrogens is 228 g/mol. The Kier molecular flexibility index (Phi) is 3.83. The monoisotopic (exact) mass is 244 g/mol. The van der Waals surface area contributed by atoms with E-state index in [1.54, 1.807) is 12.0 Å². The second-order valence-electron chi connectivity index (χ2n) is 4.36. The topological polar surface area (TPSA) is 53.3 Å². The number of likely N-dealkylation sites (tertiary alicyclic amines) is 1. The van der Waals surface area contributed by atoms with E-state index >= 15 is 0 Å². The van der Waals surface area contributed by atoms with Crippen LogP contribution < -0.4 is 4.74 Å². The summed E-state index contributed by atoms with van der Waals surface area (Å²) in [5.41, 5.74) is 0.869. The summed E-state index contributed by atoms with van der Waals surface area (Å²) in [4.78, 5) is 13.8. The first-order valence-electron chi connectivity index (χ1n) is 6.07. The van der Waals surface area contributed by atoms with Gasteiger partial charge in [0, 0.05) is 12.1 Å². The SMILES string of the molecule is COc1ccccc1CC(=O)N1CCCC1C#N. The van der Waals surface area contributed by atoms with Crippen molar-refractivity contribution in [3.8, 4) is 11.8 Å². The van der Waals surface area contributed by atoms with Gasteiger partial charge in [-0.15, -0.1) is 0 Å². The van der Waals surface area contributed by atoms with Gasteiger partial charge >= 0.3 is 0 Å². The third-order valence-corrected chi connectivity index (χ3v) is 3.26. The molecule has 1 amide bonds. The van der Waals surface area contributed by atoms with Gasteiger partial charge in [0.1, 0.15) is 11.8 Å². The van der Waals surface area contributed by atoms with Crippen molar-refractivity contribution in [2.24, 2.45) is 0 Å². The summed E-state index contributed by atoms with van der Waals surface area (Å²) < 4.78 is 5.23. The number of para-hydroxylation sites is 1. The van der Waals surface area contributed by atoms with Crippen LogP contribution in [0.4, 0.5) is 0 Å². The van der Waals surface area contributed by atoms with E-state index in [0.29, 0.717) is 13.0 Å². The molecule has 0 saturated carbocycles. The van der Waals surface area contributed by atoms with E-state index in [2.05, 4.69) is 6.07 Å². The van der Waals surface area contributed by atoms with Crippen molar-refractivity contribution >= 4 is 5.91 Å². The molecule has 0 N–H and O–H groups in total. The molecule has 4 heteroatoms. The minimum atomic E-state index is -0.257. The van der Waals surface area contributed by atoms with Crippen LogP contribution in [-0.4, -0.2) is 30.5 Å². The number of nitrogens with zero attached hydrogens (tertiary/aromatic N) is 2. The Morgan fingerprint density at radius 1 is 1.56 bits per heavy atom. The van der Waals surface area contributed by atoms with E-state index in [-0.39, 0.29) is 11.9 Å². The van der Waals surface area contributed by atoms with Gasteiger partial charge in [-0.1, -0.05) is 18.2 Å². The third kappa shape index (κ3) is 2.45. The Bertz CT molecular complexity index is 479. The van der Waals surface area contributed by atoms with E-state index in [1.165, 1.54) is 0 Å². The lowest BCUT2D eigenvalue weighted by Gasteiger charge is -2.20. The number of carbonyl (C=O) groups excluding carboxylic acids is 1. The summed E-state index contributed by atoms with van der Waals surface area (Å²) >= 11 is 0. The largest absolute Gasteiger partial charge is 0.496 e. The smallest absolute Gasteiger partial charge is 0.228 e. The van der Waals surface area contributed by atoms with Gasteiger partial charge < -0.3 is 9.64 Å². The molecule has 0 spiro atoms. The number of hydrogen-bond donors (Lipinski definition) is 0. The molecule has 1 unspecified atom stereocenters. The Balaban J connectivity index is 2.10. The molecule has 0 aromatic heterocycles. The number of ether oxygens (including phenoxy) is 1. The normalized spacial score (nSPS) is 18.4. The quantitative estimate of drug-likeness (QED) is 0.814. The van der Waals surface area contributed by atoms with Gasteiger partial charge in [-0.25, -0.2) is 0 Å². The second-order valence-corrected chi connectivity index (χ2v) is 4.36. The van der Waals surface area contributed by atoms with Crippen LogP contribution in [0.3, 0.4) is 0 Å². The molecule has 1 aliphatic heterocycles. The van der Waals surface area contributed by atoms with Gasteiger partial charge in [-0.3, -0.25) is 4.79 Å². The highest BCUT2D eigenvalue weighted by Gasteiger charge is 2.28. The summed E-state index contributed by atoms with van der Waals surface area (Å²) in [6.07, 6.45) is 1.99. The number of amides is 1. The Hall–Kier alpha value is -2.02. The van der Waals surface area contributed by atoms with Crippen LogP contribution in [0.5, 0.6) is 5.75 Å². The average molecular weight is 244 g/mol. The van der Waals surface area contributed by atoms with Crippen molar-refractivity contribution in [3.05, 3.63) is 29.8 Å². The van der Waals surface area contributed by atoms with Crippen molar-refractivity contribution in [1.29, 1.82) is 5.26 Å². The van der Waals surface area contributed by atoms with Crippen molar-refractivity contribution in [3.63, 3.8) is 0 Å². The van der Waals surface area contributed by atoms with E-state index in [0.717, 1.165) is 24.2 Å². The number of rotatable bonds is 3. The van der Waals surface area contributed by atoms with Crippen LogP contribution in [0.25, 0.3) is 0 Å². The molecule has 1 aromatic rings. The lowest BCUT2D eigenvalue weighted by molar-refractivity contribution is -0.130. The minimum Gasteiger partial charge on any atom is -0.496 e. The van der Waals surface area contributed by atoms with Crippen molar-refractivity contribution in [2.45, 2.75) is 25.3 Å². The van der Waals surface area contributed by atoms with Gasteiger partial charge in [0.25, 0.3) is 0 Å². The van der Waals surface area contributed by atoms with Crippen molar-refractivity contribution < 1.29 is 9.53 Å². The molecule has 18 heavy (non-hydrogen) atoms. The third-order valence-electron chi connectivity index (χ3n) is 3.26. The number of nitriles is 1.